The summed E-state index contributed by atoms with van der Waals surface area (Å²) in [5, 5.41) is 6.46. The van der Waals surface area contributed by atoms with Crippen molar-refractivity contribution >= 4 is 68.1 Å². The van der Waals surface area contributed by atoms with Gasteiger partial charge in [-0.05, 0) is 55.0 Å². The van der Waals surface area contributed by atoms with Gasteiger partial charge < -0.3 is 10.1 Å². The van der Waals surface area contributed by atoms with Gasteiger partial charge in [0.2, 0.25) is 0 Å². The average Bonchev–Trinajstić information content (AvgIpc) is 2.50. The normalized spacial score (nSPS) is 10.2. The van der Waals surface area contributed by atoms with E-state index in [1.165, 1.54) is 7.11 Å². The third-order valence-electron chi connectivity index (χ3n) is 3.09. The van der Waals surface area contributed by atoms with Crippen molar-refractivity contribution in [1.82, 2.24) is 5.32 Å². The summed E-state index contributed by atoms with van der Waals surface area (Å²) in [6.07, 6.45) is 0. The van der Waals surface area contributed by atoms with Gasteiger partial charge in [0.1, 0.15) is 5.75 Å². The molecule has 2 rings (SSSR count). The van der Waals surface area contributed by atoms with Gasteiger partial charge in [-0.15, -0.1) is 0 Å². The van der Waals surface area contributed by atoms with E-state index in [2.05, 4.69) is 26.6 Å². The van der Waals surface area contributed by atoms with Crippen molar-refractivity contribution in [3.05, 3.63) is 56.0 Å². The van der Waals surface area contributed by atoms with E-state index in [9.17, 15) is 4.79 Å². The molecule has 0 unspecified atom stereocenters. The minimum atomic E-state index is -0.381. The molecule has 0 saturated heterocycles. The fraction of sp³-hybridized carbons (Fsp3) is 0.125. The summed E-state index contributed by atoms with van der Waals surface area (Å²) in [6, 6.07) is 8.49. The van der Waals surface area contributed by atoms with Gasteiger partial charge in [-0.1, -0.05) is 39.1 Å². The summed E-state index contributed by atoms with van der Waals surface area (Å²) in [6.45, 7) is 1.85. The number of ether oxygens (including phenoxy) is 1. The number of hydrogen-bond acceptors (Lipinski definition) is 3. The molecule has 0 bridgehead atoms. The summed E-state index contributed by atoms with van der Waals surface area (Å²) in [4.78, 5) is 12.5. The fourth-order valence-electron chi connectivity index (χ4n) is 2.08. The van der Waals surface area contributed by atoms with Crippen molar-refractivity contribution < 1.29 is 9.53 Å². The maximum atomic E-state index is 12.5. The SMILES string of the molecule is COc1c(C)cc(Br)cc1C(=O)NC(=S)Nc1ccc(Cl)c(Cl)c1. The topological polar surface area (TPSA) is 50.4 Å². The maximum Gasteiger partial charge on any atom is 0.261 e. The Balaban J connectivity index is 2.14. The van der Waals surface area contributed by atoms with Gasteiger partial charge in [-0.2, -0.15) is 0 Å². The predicted molar refractivity (Wildman–Crippen MR) is 106 cm³/mol. The predicted octanol–water partition coefficient (Wildman–Crippen LogP) is 5.20. The molecular weight excluding hydrogens is 435 g/mol. The van der Waals surface area contributed by atoms with Crippen LogP contribution in [-0.2, 0) is 0 Å². The zero-order valence-corrected chi connectivity index (χ0v) is 16.7. The molecule has 0 atom stereocenters. The Morgan fingerprint density at radius 2 is 1.92 bits per heavy atom. The molecule has 0 aliphatic heterocycles. The molecule has 0 fully saturated rings. The monoisotopic (exact) mass is 446 g/mol. The van der Waals surface area contributed by atoms with Gasteiger partial charge in [0.25, 0.3) is 5.91 Å². The second kappa shape index (κ2) is 8.16. The Morgan fingerprint density at radius 1 is 1.21 bits per heavy atom. The van der Waals surface area contributed by atoms with Crippen molar-refractivity contribution in [2.45, 2.75) is 6.92 Å². The van der Waals surface area contributed by atoms with Crippen LogP contribution in [0.2, 0.25) is 10.0 Å². The van der Waals surface area contributed by atoms with Gasteiger partial charge >= 0.3 is 0 Å². The number of hydrogen-bond donors (Lipinski definition) is 2. The molecule has 0 heterocycles. The lowest BCUT2D eigenvalue weighted by Crippen LogP contribution is -2.34. The van der Waals surface area contributed by atoms with Crippen LogP contribution in [0.1, 0.15) is 15.9 Å². The lowest BCUT2D eigenvalue weighted by Gasteiger charge is -2.14. The molecule has 0 aliphatic rings. The highest BCUT2D eigenvalue weighted by Gasteiger charge is 2.16. The minimum Gasteiger partial charge on any atom is -0.496 e. The Bertz CT molecular complexity index is 815. The molecule has 0 spiro atoms. The van der Waals surface area contributed by atoms with Crippen LogP contribution in [0.4, 0.5) is 5.69 Å². The van der Waals surface area contributed by atoms with E-state index in [-0.39, 0.29) is 11.0 Å². The summed E-state index contributed by atoms with van der Waals surface area (Å²) in [5.74, 6) is 0.113. The Hall–Kier alpha value is -1.34. The molecule has 0 saturated carbocycles. The van der Waals surface area contributed by atoms with E-state index in [0.717, 1.165) is 10.0 Å². The minimum absolute atomic E-state index is 0.137. The standard InChI is InChI=1S/C16H13BrCl2N2O2S/c1-8-5-9(17)6-11(14(8)23-2)15(22)21-16(24)20-10-3-4-12(18)13(19)7-10/h3-7H,1-2H3,(H2,20,21,22,24). The summed E-state index contributed by atoms with van der Waals surface area (Å²) >= 11 is 20.3. The zero-order valence-electron chi connectivity index (χ0n) is 12.7. The lowest BCUT2D eigenvalue weighted by atomic mass is 10.1. The van der Waals surface area contributed by atoms with Crippen LogP contribution in [-0.4, -0.2) is 18.1 Å². The number of rotatable bonds is 3. The number of carbonyl (C=O) groups excluding carboxylic acids is 1. The first kappa shape index (κ1) is 19.0. The van der Waals surface area contributed by atoms with E-state index in [1.807, 2.05) is 13.0 Å². The van der Waals surface area contributed by atoms with Crippen molar-refractivity contribution in [2.75, 3.05) is 12.4 Å². The maximum absolute atomic E-state index is 12.5. The van der Waals surface area contributed by atoms with Crippen LogP contribution >= 0.6 is 51.3 Å². The molecule has 4 nitrogen and oxygen atoms in total. The third-order valence-corrected chi connectivity index (χ3v) is 4.49. The number of nitrogens with one attached hydrogen (secondary N) is 2. The van der Waals surface area contributed by atoms with E-state index in [0.29, 0.717) is 27.0 Å². The number of carbonyl (C=O) groups is 1. The Morgan fingerprint density at radius 3 is 2.54 bits per heavy atom. The summed E-state index contributed by atoms with van der Waals surface area (Å²) < 4.78 is 6.08. The highest BCUT2D eigenvalue weighted by molar-refractivity contribution is 9.10. The van der Waals surface area contributed by atoms with Crippen LogP contribution < -0.4 is 15.4 Å². The second-order valence-electron chi connectivity index (χ2n) is 4.84. The average molecular weight is 448 g/mol. The highest BCUT2D eigenvalue weighted by atomic mass is 79.9. The lowest BCUT2D eigenvalue weighted by molar-refractivity contribution is 0.0974. The quantitative estimate of drug-likeness (QED) is 0.635. The second-order valence-corrected chi connectivity index (χ2v) is 6.98. The van der Waals surface area contributed by atoms with Gasteiger partial charge in [0.05, 0.1) is 22.7 Å². The van der Waals surface area contributed by atoms with Crippen molar-refractivity contribution in [1.29, 1.82) is 0 Å². The molecule has 24 heavy (non-hydrogen) atoms. The van der Waals surface area contributed by atoms with Crippen LogP contribution in [0, 0.1) is 6.92 Å². The molecule has 8 heteroatoms. The van der Waals surface area contributed by atoms with E-state index in [1.54, 1.807) is 24.3 Å². The highest BCUT2D eigenvalue weighted by Crippen LogP contribution is 2.28. The van der Waals surface area contributed by atoms with Crippen LogP contribution in [0.25, 0.3) is 0 Å². The molecule has 2 aromatic rings. The molecule has 1 amide bonds. The Labute approximate surface area is 163 Å². The Kier molecular flexibility index (Phi) is 6.46. The first-order valence-corrected chi connectivity index (χ1v) is 8.69. The molecule has 126 valence electrons. The molecule has 2 aromatic carbocycles. The number of thiocarbonyl (C=S) groups is 1. The van der Waals surface area contributed by atoms with E-state index < -0.39 is 0 Å². The number of amides is 1. The van der Waals surface area contributed by atoms with Crippen LogP contribution in [0.5, 0.6) is 5.75 Å². The van der Waals surface area contributed by atoms with E-state index in [4.69, 9.17) is 40.2 Å². The number of aryl methyl sites for hydroxylation is 1. The molecular formula is C16H13BrCl2N2O2S. The molecule has 0 aromatic heterocycles. The van der Waals surface area contributed by atoms with Gasteiger partial charge in [-0.25, -0.2) is 0 Å². The fourth-order valence-corrected chi connectivity index (χ4v) is 3.16. The summed E-state index contributed by atoms with van der Waals surface area (Å²) in [7, 11) is 1.51. The van der Waals surface area contributed by atoms with Gasteiger partial charge in [0, 0.05) is 10.2 Å². The largest absolute Gasteiger partial charge is 0.496 e. The molecule has 0 radical (unpaired) electrons. The van der Waals surface area contributed by atoms with Gasteiger partial charge in [-0.3, -0.25) is 10.1 Å². The molecule has 0 aliphatic carbocycles. The number of halogens is 3. The van der Waals surface area contributed by atoms with Crippen LogP contribution in [0.15, 0.2) is 34.8 Å². The first-order valence-electron chi connectivity index (χ1n) is 6.73. The van der Waals surface area contributed by atoms with Crippen molar-refractivity contribution in [3.63, 3.8) is 0 Å². The van der Waals surface area contributed by atoms with Crippen molar-refractivity contribution in [2.24, 2.45) is 0 Å². The summed E-state index contributed by atoms with van der Waals surface area (Å²) in [5.41, 5.74) is 1.83. The number of benzene rings is 2. The molecule has 2 N–H and O–H groups in total. The first-order chi connectivity index (χ1) is 11.3. The smallest absolute Gasteiger partial charge is 0.261 e. The van der Waals surface area contributed by atoms with Crippen molar-refractivity contribution in [3.8, 4) is 5.75 Å². The number of methoxy groups -OCH3 is 1. The number of anilines is 1. The zero-order chi connectivity index (χ0) is 17.9. The third kappa shape index (κ3) is 4.60. The van der Waals surface area contributed by atoms with E-state index >= 15 is 0 Å². The van der Waals surface area contributed by atoms with Crippen LogP contribution in [0.3, 0.4) is 0 Å². The van der Waals surface area contributed by atoms with Gasteiger partial charge in [0.15, 0.2) is 5.11 Å².